The molecular formula is C10H16N6O2. The van der Waals surface area contributed by atoms with Crippen molar-refractivity contribution in [1.82, 2.24) is 19.9 Å². The van der Waals surface area contributed by atoms with Crippen LogP contribution in [0.2, 0.25) is 0 Å². The van der Waals surface area contributed by atoms with Gasteiger partial charge >= 0.3 is 0 Å². The first-order valence-electron chi connectivity index (χ1n) is 5.57. The molecule has 0 atom stereocenters. The minimum absolute atomic E-state index is 0.0171. The monoisotopic (exact) mass is 252 g/mol. The number of anilines is 2. The maximum atomic E-state index is 9.11. The number of nitrogens with two attached hydrogens (primary N) is 1. The molecule has 2 rings (SSSR count). The molecule has 0 aromatic carbocycles. The average molecular weight is 252 g/mol. The lowest BCUT2D eigenvalue weighted by Crippen LogP contribution is -2.31. The van der Waals surface area contributed by atoms with Gasteiger partial charge in [0.1, 0.15) is 5.52 Å². The highest BCUT2D eigenvalue weighted by molar-refractivity contribution is 5.84. The van der Waals surface area contributed by atoms with E-state index in [-0.39, 0.29) is 12.6 Å². The molecule has 2 aromatic heterocycles. The van der Waals surface area contributed by atoms with Crippen molar-refractivity contribution in [2.45, 2.75) is 0 Å². The van der Waals surface area contributed by atoms with Crippen LogP contribution in [0.4, 0.5) is 11.8 Å². The Morgan fingerprint density at radius 1 is 1.44 bits per heavy atom. The molecule has 18 heavy (non-hydrogen) atoms. The number of ether oxygens (including phenoxy) is 1. The SMILES string of the molecule is COCCN(CCO)c1nc(N)nc2nc[nH]c12. The Bertz CT molecular complexity index is 514. The van der Waals surface area contributed by atoms with Gasteiger partial charge < -0.3 is 25.5 Å². The molecule has 0 aliphatic carbocycles. The highest BCUT2D eigenvalue weighted by Gasteiger charge is 2.15. The fraction of sp³-hybridized carbons (Fsp3) is 0.500. The van der Waals surface area contributed by atoms with Gasteiger partial charge in [-0.3, -0.25) is 0 Å². The van der Waals surface area contributed by atoms with E-state index in [1.54, 1.807) is 7.11 Å². The zero-order valence-corrected chi connectivity index (χ0v) is 10.1. The Morgan fingerprint density at radius 3 is 3.00 bits per heavy atom. The maximum Gasteiger partial charge on any atom is 0.224 e. The van der Waals surface area contributed by atoms with E-state index in [4.69, 9.17) is 15.6 Å². The fourth-order valence-corrected chi connectivity index (χ4v) is 1.71. The second-order valence-corrected chi connectivity index (χ2v) is 3.71. The molecule has 0 spiro atoms. The van der Waals surface area contributed by atoms with Gasteiger partial charge in [0.05, 0.1) is 19.5 Å². The molecule has 2 heterocycles. The van der Waals surface area contributed by atoms with Gasteiger partial charge in [0.15, 0.2) is 11.5 Å². The Morgan fingerprint density at radius 2 is 2.28 bits per heavy atom. The lowest BCUT2D eigenvalue weighted by molar-refractivity contribution is 0.202. The van der Waals surface area contributed by atoms with Gasteiger partial charge in [-0.1, -0.05) is 0 Å². The predicted molar refractivity (Wildman–Crippen MR) is 67.3 cm³/mol. The molecule has 0 saturated carbocycles. The highest BCUT2D eigenvalue weighted by Crippen LogP contribution is 2.21. The highest BCUT2D eigenvalue weighted by atomic mass is 16.5. The number of imidazole rings is 1. The van der Waals surface area contributed by atoms with E-state index in [0.29, 0.717) is 36.7 Å². The van der Waals surface area contributed by atoms with E-state index in [1.807, 2.05) is 4.90 Å². The molecule has 0 aliphatic heterocycles. The second kappa shape index (κ2) is 5.61. The van der Waals surface area contributed by atoms with Gasteiger partial charge in [-0.15, -0.1) is 0 Å². The Kier molecular flexibility index (Phi) is 3.90. The largest absolute Gasteiger partial charge is 0.395 e. The van der Waals surface area contributed by atoms with Crippen LogP contribution in [0, 0.1) is 0 Å². The van der Waals surface area contributed by atoms with Crippen LogP contribution >= 0.6 is 0 Å². The summed E-state index contributed by atoms with van der Waals surface area (Å²) >= 11 is 0. The van der Waals surface area contributed by atoms with Crippen molar-refractivity contribution in [3.63, 3.8) is 0 Å². The molecule has 8 heteroatoms. The summed E-state index contributed by atoms with van der Waals surface area (Å²) in [7, 11) is 1.62. The van der Waals surface area contributed by atoms with Crippen molar-refractivity contribution < 1.29 is 9.84 Å². The molecule has 0 aliphatic rings. The minimum Gasteiger partial charge on any atom is -0.395 e. The van der Waals surface area contributed by atoms with E-state index in [0.717, 1.165) is 0 Å². The minimum atomic E-state index is 0.0171. The van der Waals surface area contributed by atoms with Crippen LogP contribution in [0.5, 0.6) is 0 Å². The van der Waals surface area contributed by atoms with Gasteiger partial charge in [-0.05, 0) is 0 Å². The predicted octanol–water partition coefficient (Wildman–Crippen LogP) is -0.620. The van der Waals surface area contributed by atoms with E-state index < -0.39 is 0 Å². The normalized spacial score (nSPS) is 11.0. The van der Waals surface area contributed by atoms with E-state index in [1.165, 1.54) is 6.33 Å². The summed E-state index contributed by atoms with van der Waals surface area (Å²) in [6.07, 6.45) is 1.54. The molecule has 0 amide bonds. The van der Waals surface area contributed by atoms with Crippen molar-refractivity contribution in [3.05, 3.63) is 6.33 Å². The summed E-state index contributed by atoms with van der Waals surface area (Å²) in [4.78, 5) is 17.1. The molecule has 0 radical (unpaired) electrons. The van der Waals surface area contributed by atoms with Gasteiger partial charge in [-0.25, -0.2) is 4.98 Å². The van der Waals surface area contributed by atoms with Crippen LogP contribution in [0.1, 0.15) is 0 Å². The molecule has 4 N–H and O–H groups in total. The first-order valence-corrected chi connectivity index (χ1v) is 5.57. The summed E-state index contributed by atoms with van der Waals surface area (Å²) in [6, 6.07) is 0. The van der Waals surface area contributed by atoms with Gasteiger partial charge in [-0.2, -0.15) is 9.97 Å². The first kappa shape index (κ1) is 12.5. The molecule has 0 saturated heterocycles. The quantitative estimate of drug-likeness (QED) is 0.627. The van der Waals surface area contributed by atoms with Gasteiger partial charge in [0.2, 0.25) is 5.95 Å². The van der Waals surface area contributed by atoms with Crippen LogP contribution in [-0.4, -0.2) is 58.5 Å². The maximum absolute atomic E-state index is 9.11. The Hall–Kier alpha value is -1.93. The molecule has 0 fully saturated rings. The molecule has 0 bridgehead atoms. The third-order valence-corrected chi connectivity index (χ3v) is 2.52. The summed E-state index contributed by atoms with van der Waals surface area (Å²) < 4.78 is 5.04. The molecule has 0 unspecified atom stereocenters. The number of aliphatic hydroxyl groups excluding tert-OH is 1. The van der Waals surface area contributed by atoms with Crippen molar-refractivity contribution >= 4 is 22.9 Å². The number of H-pyrrole nitrogens is 1. The molecular weight excluding hydrogens is 236 g/mol. The lowest BCUT2D eigenvalue weighted by atomic mass is 10.4. The number of nitrogens with zero attached hydrogens (tertiary/aromatic N) is 4. The fourth-order valence-electron chi connectivity index (χ4n) is 1.71. The van der Waals surface area contributed by atoms with Crippen LogP contribution in [0.15, 0.2) is 6.33 Å². The van der Waals surface area contributed by atoms with Crippen LogP contribution in [-0.2, 0) is 4.74 Å². The standard InChI is InChI=1S/C10H16N6O2/c1-18-5-3-16(2-4-17)9-7-8(13-6-12-7)14-10(11)15-9/h6,17H,2-5H2,1H3,(H3,11,12,13,14,15). The van der Waals surface area contributed by atoms with Crippen LogP contribution in [0.25, 0.3) is 11.2 Å². The van der Waals surface area contributed by atoms with Crippen LogP contribution < -0.4 is 10.6 Å². The number of hydrogen-bond acceptors (Lipinski definition) is 7. The number of nitrogen functional groups attached to an aromatic ring is 1. The number of fused-ring (bicyclic) bond motifs is 1. The smallest absolute Gasteiger partial charge is 0.224 e. The lowest BCUT2D eigenvalue weighted by Gasteiger charge is -2.22. The summed E-state index contributed by atoms with van der Waals surface area (Å²) in [5.41, 5.74) is 6.86. The summed E-state index contributed by atoms with van der Waals surface area (Å²) in [6.45, 7) is 1.58. The number of hydrogen-bond donors (Lipinski definition) is 3. The van der Waals surface area contributed by atoms with E-state index >= 15 is 0 Å². The van der Waals surface area contributed by atoms with Crippen LogP contribution in [0.3, 0.4) is 0 Å². The van der Waals surface area contributed by atoms with Gasteiger partial charge in [0, 0.05) is 20.2 Å². The zero-order valence-electron chi connectivity index (χ0n) is 10.1. The van der Waals surface area contributed by atoms with Crippen molar-refractivity contribution in [2.75, 3.05) is 44.0 Å². The summed E-state index contributed by atoms with van der Waals surface area (Å²) in [5.74, 6) is 0.783. The molecule has 2 aromatic rings. The number of aliphatic hydroxyl groups is 1. The van der Waals surface area contributed by atoms with E-state index in [9.17, 15) is 0 Å². The third kappa shape index (κ3) is 2.49. The van der Waals surface area contributed by atoms with Crippen molar-refractivity contribution in [2.24, 2.45) is 0 Å². The summed E-state index contributed by atoms with van der Waals surface area (Å²) in [5, 5.41) is 9.11. The zero-order chi connectivity index (χ0) is 13.0. The van der Waals surface area contributed by atoms with Gasteiger partial charge in [0.25, 0.3) is 0 Å². The molecule has 8 nitrogen and oxygen atoms in total. The Labute approximate surface area is 104 Å². The second-order valence-electron chi connectivity index (χ2n) is 3.71. The molecule has 98 valence electrons. The topological polar surface area (TPSA) is 113 Å². The number of aromatic nitrogens is 4. The Balaban J connectivity index is 2.38. The third-order valence-electron chi connectivity index (χ3n) is 2.52. The van der Waals surface area contributed by atoms with Crippen molar-refractivity contribution in [3.8, 4) is 0 Å². The average Bonchev–Trinajstić information content (AvgIpc) is 2.81. The number of rotatable bonds is 6. The first-order chi connectivity index (χ1) is 8.76. The number of aromatic amines is 1. The number of nitrogens with one attached hydrogen (secondary N) is 1. The van der Waals surface area contributed by atoms with Crippen molar-refractivity contribution in [1.29, 1.82) is 0 Å². The van der Waals surface area contributed by atoms with E-state index in [2.05, 4.69) is 19.9 Å². The number of methoxy groups -OCH3 is 1.